The van der Waals surface area contributed by atoms with Crippen LogP contribution in [0.3, 0.4) is 0 Å². The third-order valence-corrected chi connectivity index (χ3v) is 5.04. The maximum Gasteiger partial charge on any atom is 0.262 e. The molecule has 0 amide bonds. The number of benzene rings is 2. The zero-order chi connectivity index (χ0) is 17.9. The number of anilines is 3. The Balaban J connectivity index is 1.75. The summed E-state index contributed by atoms with van der Waals surface area (Å²) in [6.07, 6.45) is 1.40. The molecule has 5 nitrogen and oxygen atoms in total. The third-order valence-electron chi connectivity index (χ3n) is 3.50. The van der Waals surface area contributed by atoms with Crippen LogP contribution < -0.4 is 10.0 Å². The lowest BCUT2D eigenvalue weighted by atomic mass is 10.2. The standard InChI is InChI=1S/C18H16FN3O2S/c1-13-5-2-3-8-17(13)25(23,24)22-16-9-10-18(20-12-16)21-15-7-4-6-14(19)11-15/h2-12,22H,1H3,(H,20,21). The van der Waals surface area contributed by atoms with Crippen molar-refractivity contribution in [1.82, 2.24) is 4.98 Å². The van der Waals surface area contributed by atoms with E-state index in [1.54, 1.807) is 55.5 Å². The zero-order valence-corrected chi connectivity index (χ0v) is 14.2. The number of sulfonamides is 1. The summed E-state index contributed by atoms with van der Waals surface area (Å²) in [5.41, 5.74) is 1.56. The first-order valence-electron chi connectivity index (χ1n) is 7.51. The van der Waals surface area contributed by atoms with Gasteiger partial charge in [0.2, 0.25) is 0 Å². The summed E-state index contributed by atoms with van der Waals surface area (Å²) in [6.45, 7) is 1.73. The van der Waals surface area contributed by atoms with E-state index in [1.165, 1.54) is 18.3 Å². The molecule has 3 aromatic rings. The van der Waals surface area contributed by atoms with E-state index in [0.29, 0.717) is 22.8 Å². The molecule has 0 radical (unpaired) electrons. The van der Waals surface area contributed by atoms with E-state index >= 15 is 0 Å². The lowest BCUT2D eigenvalue weighted by Crippen LogP contribution is -2.14. The molecule has 0 aliphatic rings. The second-order valence-electron chi connectivity index (χ2n) is 5.44. The normalized spacial score (nSPS) is 11.1. The van der Waals surface area contributed by atoms with Crippen LogP contribution in [0.2, 0.25) is 0 Å². The molecule has 0 spiro atoms. The van der Waals surface area contributed by atoms with Crippen molar-refractivity contribution >= 4 is 27.2 Å². The summed E-state index contributed by atoms with van der Waals surface area (Å²) in [4.78, 5) is 4.36. The van der Waals surface area contributed by atoms with E-state index in [1.807, 2.05) is 0 Å². The van der Waals surface area contributed by atoms with Crippen LogP contribution in [0.4, 0.5) is 21.6 Å². The van der Waals surface area contributed by atoms with Crippen molar-refractivity contribution in [2.45, 2.75) is 11.8 Å². The molecular weight excluding hydrogens is 341 g/mol. The highest BCUT2D eigenvalue weighted by atomic mass is 32.2. The van der Waals surface area contributed by atoms with Crippen LogP contribution in [0.25, 0.3) is 0 Å². The van der Waals surface area contributed by atoms with Gasteiger partial charge in [-0.15, -0.1) is 0 Å². The largest absolute Gasteiger partial charge is 0.340 e. The molecule has 3 rings (SSSR count). The summed E-state index contributed by atoms with van der Waals surface area (Å²) >= 11 is 0. The molecule has 128 valence electrons. The summed E-state index contributed by atoms with van der Waals surface area (Å²) in [5.74, 6) is 0.122. The number of rotatable bonds is 5. The fourth-order valence-electron chi connectivity index (χ4n) is 2.31. The predicted molar refractivity (Wildman–Crippen MR) is 95.9 cm³/mol. The third kappa shape index (κ3) is 4.13. The molecule has 0 unspecified atom stereocenters. The molecule has 1 aromatic heterocycles. The Bertz CT molecular complexity index is 989. The monoisotopic (exact) mass is 357 g/mol. The van der Waals surface area contributed by atoms with Gasteiger partial charge >= 0.3 is 0 Å². The quantitative estimate of drug-likeness (QED) is 0.722. The van der Waals surface area contributed by atoms with Crippen molar-refractivity contribution < 1.29 is 12.8 Å². The Labute approximate surface area is 145 Å². The Morgan fingerprint density at radius 2 is 1.76 bits per heavy atom. The highest BCUT2D eigenvalue weighted by molar-refractivity contribution is 7.92. The van der Waals surface area contributed by atoms with Gasteiger partial charge in [-0.3, -0.25) is 4.72 Å². The first-order chi connectivity index (χ1) is 11.9. The minimum atomic E-state index is -3.68. The zero-order valence-electron chi connectivity index (χ0n) is 13.4. The molecule has 0 atom stereocenters. The molecular formula is C18H16FN3O2S. The number of halogens is 1. The van der Waals surface area contributed by atoms with Crippen molar-refractivity contribution in [2.24, 2.45) is 0 Å². The van der Waals surface area contributed by atoms with Gasteiger partial charge in [-0.2, -0.15) is 0 Å². The lowest BCUT2D eigenvalue weighted by molar-refractivity contribution is 0.600. The summed E-state index contributed by atoms with van der Waals surface area (Å²) in [6, 6.07) is 15.9. The number of aromatic nitrogens is 1. The van der Waals surface area contributed by atoms with Gasteiger partial charge < -0.3 is 5.32 Å². The van der Waals surface area contributed by atoms with Crippen LogP contribution in [0.5, 0.6) is 0 Å². The van der Waals surface area contributed by atoms with Gasteiger partial charge in [0.05, 0.1) is 16.8 Å². The van der Waals surface area contributed by atoms with Crippen LogP contribution in [0, 0.1) is 12.7 Å². The Morgan fingerprint density at radius 3 is 2.44 bits per heavy atom. The topological polar surface area (TPSA) is 71.1 Å². The molecule has 25 heavy (non-hydrogen) atoms. The Hall–Kier alpha value is -2.93. The van der Waals surface area contributed by atoms with Crippen LogP contribution in [0.1, 0.15) is 5.56 Å². The first kappa shape index (κ1) is 16.9. The van der Waals surface area contributed by atoms with Crippen molar-refractivity contribution in [1.29, 1.82) is 0 Å². The highest BCUT2D eigenvalue weighted by Gasteiger charge is 2.16. The fraction of sp³-hybridized carbons (Fsp3) is 0.0556. The van der Waals surface area contributed by atoms with Crippen LogP contribution in [-0.2, 0) is 10.0 Å². The number of hydrogen-bond donors (Lipinski definition) is 2. The van der Waals surface area contributed by atoms with Gasteiger partial charge in [0.25, 0.3) is 10.0 Å². The predicted octanol–water partition coefficient (Wildman–Crippen LogP) is 4.07. The Morgan fingerprint density at radius 1 is 0.960 bits per heavy atom. The van der Waals surface area contributed by atoms with Crippen LogP contribution in [0.15, 0.2) is 71.8 Å². The minimum absolute atomic E-state index is 0.219. The smallest absolute Gasteiger partial charge is 0.262 e. The summed E-state index contributed by atoms with van der Waals surface area (Å²) < 4.78 is 40.6. The number of nitrogens with zero attached hydrogens (tertiary/aromatic N) is 1. The van der Waals surface area contributed by atoms with Crippen LogP contribution >= 0.6 is 0 Å². The van der Waals surface area contributed by atoms with E-state index in [9.17, 15) is 12.8 Å². The maximum absolute atomic E-state index is 13.2. The molecule has 1 heterocycles. The summed E-state index contributed by atoms with van der Waals surface area (Å²) in [5, 5.41) is 2.95. The van der Waals surface area contributed by atoms with Gasteiger partial charge in [-0.1, -0.05) is 24.3 Å². The second kappa shape index (κ2) is 6.90. The molecule has 0 bridgehead atoms. The van der Waals surface area contributed by atoms with Gasteiger partial charge in [0, 0.05) is 5.69 Å². The molecule has 7 heteroatoms. The average Bonchev–Trinajstić information content (AvgIpc) is 2.57. The molecule has 2 aromatic carbocycles. The van der Waals surface area contributed by atoms with Crippen molar-refractivity contribution in [3.05, 3.63) is 78.2 Å². The van der Waals surface area contributed by atoms with E-state index in [-0.39, 0.29) is 10.7 Å². The summed E-state index contributed by atoms with van der Waals surface area (Å²) in [7, 11) is -3.68. The van der Waals surface area contributed by atoms with E-state index in [2.05, 4.69) is 15.0 Å². The molecule has 0 fully saturated rings. The highest BCUT2D eigenvalue weighted by Crippen LogP contribution is 2.21. The molecule has 0 aliphatic heterocycles. The van der Waals surface area contributed by atoms with Gasteiger partial charge in [-0.25, -0.2) is 17.8 Å². The van der Waals surface area contributed by atoms with Gasteiger partial charge in [0.1, 0.15) is 11.6 Å². The number of pyridine rings is 1. The Kier molecular flexibility index (Phi) is 4.67. The molecule has 0 saturated carbocycles. The van der Waals surface area contributed by atoms with Crippen molar-refractivity contribution in [3.63, 3.8) is 0 Å². The minimum Gasteiger partial charge on any atom is -0.340 e. The van der Waals surface area contributed by atoms with E-state index < -0.39 is 10.0 Å². The van der Waals surface area contributed by atoms with E-state index in [0.717, 1.165) is 0 Å². The van der Waals surface area contributed by atoms with E-state index in [4.69, 9.17) is 0 Å². The second-order valence-corrected chi connectivity index (χ2v) is 7.09. The van der Waals surface area contributed by atoms with Crippen molar-refractivity contribution in [2.75, 3.05) is 10.0 Å². The number of aryl methyl sites for hydroxylation is 1. The number of nitrogens with one attached hydrogen (secondary N) is 2. The lowest BCUT2D eigenvalue weighted by Gasteiger charge is -2.11. The maximum atomic E-state index is 13.2. The van der Waals surface area contributed by atoms with Gasteiger partial charge in [-0.05, 0) is 48.9 Å². The average molecular weight is 357 g/mol. The van der Waals surface area contributed by atoms with Gasteiger partial charge in [0.15, 0.2) is 0 Å². The van der Waals surface area contributed by atoms with Crippen molar-refractivity contribution in [3.8, 4) is 0 Å². The number of hydrogen-bond acceptors (Lipinski definition) is 4. The fourth-order valence-corrected chi connectivity index (χ4v) is 3.60. The SMILES string of the molecule is Cc1ccccc1S(=O)(=O)Nc1ccc(Nc2cccc(F)c2)nc1. The van der Waals surface area contributed by atoms with Crippen LogP contribution in [-0.4, -0.2) is 13.4 Å². The molecule has 2 N–H and O–H groups in total. The first-order valence-corrected chi connectivity index (χ1v) is 8.99. The molecule has 0 saturated heterocycles. The molecule has 0 aliphatic carbocycles.